The first-order valence-corrected chi connectivity index (χ1v) is 9.87. The van der Waals surface area contributed by atoms with Gasteiger partial charge in [0.1, 0.15) is 0 Å². The van der Waals surface area contributed by atoms with Gasteiger partial charge in [-0.25, -0.2) is 0 Å². The number of nitrogens with zero attached hydrogens (tertiary/aromatic N) is 2. The van der Waals surface area contributed by atoms with Gasteiger partial charge in [-0.2, -0.15) is 10.1 Å². The Hall–Kier alpha value is -1.77. The van der Waals surface area contributed by atoms with Crippen LogP contribution in [0, 0.1) is 3.57 Å². The van der Waals surface area contributed by atoms with Crippen LogP contribution in [-0.2, 0) is 4.79 Å². The van der Waals surface area contributed by atoms with Crippen molar-refractivity contribution >= 4 is 69.2 Å². The minimum absolute atomic E-state index is 0.0835. The first-order chi connectivity index (χ1) is 12.8. The zero-order chi connectivity index (χ0) is 19.7. The fourth-order valence-corrected chi connectivity index (χ4v) is 3.50. The fourth-order valence-electron chi connectivity index (χ4n) is 2.59. The minimum Gasteiger partial charge on any atom is -0.504 e. The van der Waals surface area contributed by atoms with Crippen molar-refractivity contribution in [1.29, 1.82) is 0 Å². The predicted molar refractivity (Wildman–Crippen MR) is 117 cm³/mol. The zero-order valence-electron chi connectivity index (χ0n) is 14.5. The van der Waals surface area contributed by atoms with E-state index >= 15 is 0 Å². The third kappa shape index (κ3) is 4.07. The topological polar surface area (TPSA) is 62.1 Å². The first kappa shape index (κ1) is 20.0. The zero-order valence-corrected chi connectivity index (χ0v) is 18.1. The third-order valence-corrected chi connectivity index (χ3v) is 5.43. The maximum atomic E-state index is 12.9. The molecule has 0 bridgehead atoms. The van der Waals surface area contributed by atoms with E-state index in [1.54, 1.807) is 43.3 Å². The molecule has 0 saturated carbocycles. The summed E-state index contributed by atoms with van der Waals surface area (Å²) in [6, 6.07) is 8.36. The number of anilines is 1. The Morgan fingerprint density at radius 2 is 2.00 bits per heavy atom. The van der Waals surface area contributed by atoms with Crippen molar-refractivity contribution in [3.8, 4) is 11.5 Å². The molecule has 1 amide bonds. The van der Waals surface area contributed by atoms with Gasteiger partial charge in [0.15, 0.2) is 11.5 Å². The normalized spacial score (nSPS) is 15.4. The molecule has 8 heteroatoms. The molecule has 0 fully saturated rings. The lowest BCUT2D eigenvalue weighted by atomic mass is 10.1. The van der Waals surface area contributed by atoms with Gasteiger partial charge in [0.05, 0.1) is 37.2 Å². The number of hydrogen-bond acceptors (Lipinski definition) is 4. The molecule has 0 unspecified atom stereocenters. The molecule has 0 atom stereocenters. The average Bonchev–Trinajstić information content (AvgIpc) is 2.90. The molecule has 1 N–H and O–H groups in total. The van der Waals surface area contributed by atoms with Gasteiger partial charge in [-0.15, -0.1) is 0 Å². The molecule has 5 nitrogen and oxygen atoms in total. The van der Waals surface area contributed by atoms with Crippen LogP contribution < -0.4 is 9.75 Å². The Labute approximate surface area is 180 Å². The summed E-state index contributed by atoms with van der Waals surface area (Å²) in [6.45, 7) is 4.02. The number of aromatic hydroxyl groups is 1. The molecule has 0 spiro atoms. The van der Waals surface area contributed by atoms with Gasteiger partial charge in [-0.05, 0) is 78.4 Å². The van der Waals surface area contributed by atoms with Gasteiger partial charge in [-0.1, -0.05) is 23.2 Å². The van der Waals surface area contributed by atoms with Crippen molar-refractivity contribution in [2.75, 3.05) is 11.6 Å². The van der Waals surface area contributed by atoms with E-state index in [0.717, 1.165) is 5.56 Å². The van der Waals surface area contributed by atoms with E-state index < -0.39 is 0 Å². The Bertz CT molecular complexity index is 989. The summed E-state index contributed by atoms with van der Waals surface area (Å²) >= 11 is 14.0. The number of phenols is 1. The number of benzene rings is 2. The summed E-state index contributed by atoms with van der Waals surface area (Å²) in [6.07, 6.45) is 1.73. The summed E-state index contributed by atoms with van der Waals surface area (Å²) in [4.78, 5) is 12.9. The highest BCUT2D eigenvalue weighted by Gasteiger charge is 2.29. The monoisotopic (exact) mass is 516 g/mol. The van der Waals surface area contributed by atoms with Crippen molar-refractivity contribution in [3.05, 3.63) is 55.1 Å². The van der Waals surface area contributed by atoms with Crippen molar-refractivity contribution in [2.45, 2.75) is 13.8 Å². The largest absolute Gasteiger partial charge is 0.504 e. The Kier molecular flexibility index (Phi) is 5.98. The van der Waals surface area contributed by atoms with E-state index in [1.165, 1.54) is 5.01 Å². The number of rotatable bonds is 4. The van der Waals surface area contributed by atoms with Crippen LogP contribution in [0.4, 0.5) is 5.69 Å². The van der Waals surface area contributed by atoms with Gasteiger partial charge in [-0.3, -0.25) is 4.79 Å². The standard InChI is InChI=1S/C19H15Cl2IN2O3/c1-3-27-17-8-11(7-16(22)18(17)25)6-13-10(2)23-24(19(13)26)12-4-5-14(20)15(21)9-12/h4-9,25H,3H2,1-2H3. The molecule has 2 aromatic carbocycles. The van der Waals surface area contributed by atoms with Crippen molar-refractivity contribution in [3.63, 3.8) is 0 Å². The lowest BCUT2D eigenvalue weighted by molar-refractivity contribution is -0.114. The van der Waals surface area contributed by atoms with Crippen LogP contribution in [0.15, 0.2) is 41.0 Å². The first-order valence-electron chi connectivity index (χ1n) is 8.04. The Morgan fingerprint density at radius 3 is 2.67 bits per heavy atom. The summed E-state index contributed by atoms with van der Waals surface area (Å²) in [5.74, 6) is 0.185. The maximum Gasteiger partial charge on any atom is 0.280 e. The molecule has 1 heterocycles. The maximum absolute atomic E-state index is 12.9. The van der Waals surface area contributed by atoms with Gasteiger partial charge in [0.25, 0.3) is 5.91 Å². The molecular weight excluding hydrogens is 502 g/mol. The third-order valence-electron chi connectivity index (χ3n) is 3.87. The van der Waals surface area contributed by atoms with Crippen LogP contribution in [-0.4, -0.2) is 23.3 Å². The Balaban J connectivity index is 1.97. The molecule has 27 heavy (non-hydrogen) atoms. The van der Waals surface area contributed by atoms with Gasteiger partial charge >= 0.3 is 0 Å². The van der Waals surface area contributed by atoms with E-state index in [2.05, 4.69) is 5.10 Å². The molecule has 0 saturated heterocycles. The average molecular weight is 517 g/mol. The predicted octanol–water partition coefficient (Wildman–Crippen LogP) is 5.51. The second kappa shape index (κ2) is 8.08. The smallest absolute Gasteiger partial charge is 0.280 e. The van der Waals surface area contributed by atoms with E-state index in [-0.39, 0.29) is 11.7 Å². The van der Waals surface area contributed by atoms with E-state index in [1.807, 2.05) is 29.5 Å². The van der Waals surface area contributed by atoms with Gasteiger partial charge < -0.3 is 9.84 Å². The number of halogens is 3. The van der Waals surface area contributed by atoms with E-state index in [4.69, 9.17) is 27.9 Å². The lowest BCUT2D eigenvalue weighted by Crippen LogP contribution is -2.21. The number of phenolic OH excluding ortho intramolecular Hbond substituents is 1. The SMILES string of the molecule is CCOc1cc(C=C2C(=O)N(c3ccc(Cl)c(Cl)c3)N=C2C)cc(I)c1O. The molecule has 0 aromatic heterocycles. The highest BCUT2D eigenvalue weighted by Crippen LogP contribution is 2.35. The molecule has 140 valence electrons. The van der Waals surface area contributed by atoms with E-state index in [0.29, 0.717) is 42.9 Å². The lowest BCUT2D eigenvalue weighted by Gasteiger charge is -2.12. The van der Waals surface area contributed by atoms with Crippen LogP contribution in [0.1, 0.15) is 19.4 Å². The number of ether oxygens (including phenoxy) is 1. The van der Waals surface area contributed by atoms with Crippen LogP contribution in [0.2, 0.25) is 10.0 Å². The van der Waals surface area contributed by atoms with Crippen LogP contribution in [0.25, 0.3) is 6.08 Å². The van der Waals surface area contributed by atoms with Crippen LogP contribution in [0.5, 0.6) is 11.5 Å². The molecule has 1 aliphatic rings. The number of carbonyl (C=O) groups excluding carboxylic acids is 1. The second-order valence-corrected chi connectivity index (χ2v) is 7.72. The Morgan fingerprint density at radius 1 is 1.26 bits per heavy atom. The molecule has 2 aromatic rings. The summed E-state index contributed by atoms with van der Waals surface area (Å²) in [7, 11) is 0. The molecule has 3 rings (SSSR count). The van der Waals surface area contributed by atoms with E-state index in [9.17, 15) is 9.90 Å². The molecular formula is C19H15Cl2IN2O3. The number of carbonyl (C=O) groups is 1. The van der Waals surface area contributed by atoms with Gasteiger partial charge in [0.2, 0.25) is 0 Å². The second-order valence-electron chi connectivity index (χ2n) is 5.74. The number of hydrogen-bond donors (Lipinski definition) is 1. The summed E-state index contributed by atoms with van der Waals surface area (Å²) in [5.41, 5.74) is 2.29. The van der Waals surface area contributed by atoms with Crippen molar-refractivity contribution < 1.29 is 14.6 Å². The van der Waals surface area contributed by atoms with Crippen LogP contribution >= 0.6 is 45.8 Å². The fraction of sp³-hybridized carbons (Fsp3) is 0.158. The number of hydrazone groups is 1. The quantitative estimate of drug-likeness (QED) is 0.430. The highest BCUT2D eigenvalue weighted by molar-refractivity contribution is 14.1. The van der Waals surface area contributed by atoms with Crippen molar-refractivity contribution in [2.24, 2.45) is 5.10 Å². The number of amides is 1. The highest BCUT2D eigenvalue weighted by atomic mass is 127. The minimum atomic E-state index is -0.271. The molecule has 0 radical (unpaired) electrons. The summed E-state index contributed by atoms with van der Waals surface area (Å²) in [5, 5.41) is 16.5. The summed E-state index contributed by atoms with van der Waals surface area (Å²) < 4.78 is 6.09. The van der Waals surface area contributed by atoms with Crippen molar-refractivity contribution in [1.82, 2.24) is 0 Å². The molecule has 1 aliphatic heterocycles. The van der Waals surface area contributed by atoms with Crippen LogP contribution in [0.3, 0.4) is 0 Å². The van der Waals surface area contributed by atoms with Gasteiger partial charge in [0, 0.05) is 0 Å². The molecule has 0 aliphatic carbocycles.